The minimum absolute atomic E-state index is 0.262. The van der Waals surface area contributed by atoms with Gasteiger partial charge in [-0.25, -0.2) is 0 Å². The van der Waals surface area contributed by atoms with Crippen molar-refractivity contribution in [1.82, 2.24) is 0 Å². The zero-order valence-electron chi connectivity index (χ0n) is 8.92. The maximum Gasteiger partial charge on any atom is 0.306 e. The van der Waals surface area contributed by atoms with Crippen molar-refractivity contribution >= 4 is 17.6 Å². The lowest BCUT2D eigenvalue weighted by molar-refractivity contribution is -0.143. The molecule has 0 spiro atoms. The van der Waals surface area contributed by atoms with E-state index < -0.39 is 0 Å². The highest BCUT2D eigenvalue weighted by molar-refractivity contribution is 6.30. The van der Waals surface area contributed by atoms with Crippen molar-refractivity contribution in [2.75, 3.05) is 6.61 Å². The third-order valence-corrected chi connectivity index (χ3v) is 2.24. The molecule has 1 aromatic carbocycles. The highest BCUT2D eigenvalue weighted by atomic mass is 35.5. The molecule has 0 aliphatic rings. The van der Waals surface area contributed by atoms with Crippen LogP contribution in [0.25, 0.3) is 0 Å². The van der Waals surface area contributed by atoms with Crippen molar-refractivity contribution < 1.29 is 9.53 Å². The third-order valence-electron chi connectivity index (χ3n) is 2.03. The van der Waals surface area contributed by atoms with Crippen LogP contribution in [0.1, 0.15) is 24.5 Å². The van der Waals surface area contributed by atoms with Crippen LogP contribution in [0, 0.1) is 17.4 Å². The summed E-state index contributed by atoms with van der Waals surface area (Å²) in [7, 11) is 0. The molecule has 0 atom stereocenters. The van der Waals surface area contributed by atoms with Gasteiger partial charge in [-0.3, -0.25) is 4.79 Å². The second-order valence-corrected chi connectivity index (χ2v) is 3.54. The van der Waals surface area contributed by atoms with Crippen LogP contribution in [0.3, 0.4) is 0 Å². The molecule has 0 bridgehead atoms. The molecule has 16 heavy (non-hydrogen) atoms. The van der Waals surface area contributed by atoms with Gasteiger partial charge in [0.05, 0.1) is 18.2 Å². The highest BCUT2D eigenvalue weighted by Crippen LogP contribution is 2.16. The fraction of sp³-hybridized carbons (Fsp3) is 0.333. The lowest BCUT2D eigenvalue weighted by Gasteiger charge is -2.04. The Labute approximate surface area is 99.6 Å². The maximum atomic E-state index is 11.1. The van der Waals surface area contributed by atoms with Crippen LogP contribution in [0.5, 0.6) is 0 Å². The Bertz CT molecular complexity index is 424. The van der Waals surface area contributed by atoms with E-state index in [1.54, 1.807) is 19.1 Å². The molecule has 0 fully saturated rings. The summed E-state index contributed by atoms with van der Waals surface area (Å²) in [6, 6.07) is 8.01. The summed E-state index contributed by atoms with van der Waals surface area (Å²) < 4.78 is 4.80. The molecule has 0 N–H and O–H groups in total. The minimum atomic E-state index is -0.263. The fourth-order valence-electron chi connectivity index (χ4n) is 1.28. The predicted octanol–water partition coefficient (Wildman–Crippen LogP) is 2.51. The van der Waals surface area contributed by atoms with Gasteiger partial charge in [-0.2, -0.15) is 5.26 Å². The molecule has 0 saturated heterocycles. The SMILES string of the molecule is CCOC(=O)CCc1c[c]c(Cl)cc1C#N. The molecule has 0 unspecified atom stereocenters. The van der Waals surface area contributed by atoms with E-state index in [9.17, 15) is 4.79 Å². The summed E-state index contributed by atoms with van der Waals surface area (Å²) in [6.07, 6.45) is 0.730. The number of benzene rings is 1. The number of ether oxygens (including phenoxy) is 1. The van der Waals surface area contributed by atoms with Crippen molar-refractivity contribution in [2.24, 2.45) is 0 Å². The van der Waals surface area contributed by atoms with Gasteiger partial charge in [0, 0.05) is 17.5 Å². The number of carbonyl (C=O) groups excluding carboxylic acids is 1. The molecule has 3 nitrogen and oxygen atoms in total. The fourth-order valence-corrected chi connectivity index (χ4v) is 1.44. The quantitative estimate of drug-likeness (QED) is 0.755. The second-order valence-electron chi connectivity index (χ2n) is 3.14. The standard InChI is InChI=1S/C12H11ClNO2/c1-2-16-12(15)6-4-9-3-5-11(13)7-10(9)8-14/h3,7H,2,4,6H2,1H3. The number of nitriles is 1. The van der Waals surface area contributed by atoms with Crippen LogP contribution < -0.4 is 0 Å². The summed E-state index contributed by atoms with van der Waals surface area (Å²) >= 11 is 5.71. The van der Waals surface area contributed by atoms with E-state index in [0.29, 0.717) is 23.6 Å². The minimum Gasteiger partial charge on any atom is -0.466 e. The number of esters is 1. The molecule has 1 radical (unpaired) electrons. The van der Waals surface area contributed by atoms with E-state index in [2.05, 4.69) is 6.07 Å². The molecule has 1 rings (SSSR count). The Kier molecular flexibility index (Phi) is 4.81. The van der Waals surface area contributed by atoms with Gasteiger partial charge in [-0.1, -0.05) is 11.6 Å². The molecule has 0 aliphatic carbocycles. The molecule has 0 aliphatic heterocycles. The molecule has 0 amide bonds. The van der Waals surface area contributed by atoms with Crippen LogP contribution in [0.15, 0.2) is 12.1 Å². The smallest absolute Gasteiger partial charge is 0.306 e. The Morgan fingerprint density at radius 2 is 2.44 bits per heavy atom. The second kappa shape index (κ2) is 6.14. The van der Waals surface area contributed by atoms with E-state index in [1.807, 2.05) is 6.07 Å². The number of hydrogen-bond acceptors (Lipinski definition) is 3. The number of nitrogens with zero attached hydrogens (tertiary/aromatic N) is 1. The first-order valence-electron chi connectivity index (χ1n) is 4.93. The number of halogens is 1. The van der Waals surface area contributed by atoms with Crippen LogP contribution in [-0.4, -0.2) is 12.6 Å². The number of rotatable bonds is 4. The van der Waals surface area contributed by atoms with Crippen LogP contribution in [-0.2, 0) is 16.0 Å². The van der Waals surface area contributed by atoms with Gasteiger partial charge in [0.2, 0.25) is 0 Å². The molecular formula is C12H11ClNO2. The average Bonchev–Trinajstić information content (AvgIpc) is 2.27. The maximum absolute atomic E-state index is 11.1. The number of aryl methyl sites for hydroxylation is 1. The molecule has 1 aromatic rings. The van der Waals surface area contributed by atoms with Crippen molar-refractivity contribution in [3.63, 3.8) is 0 Å². The summed E-state index contributed by atoms with van der Waals surface area (Å²) in [4.78, 5) is 11.1. The largest absolute Gasteiger partial charge is 0.466 e. The third kappa shape index (κ3) is 3.56. The molecule has 4 heteroatoms. The molecule has 0 heterocycles. The normalized spacial score (nSPS) is 9.56. The first kappa shape index (κ1) is 12.5. The topological polar surface area (TPSA) is 50.1 Å². The first-order chi connectivity index (χ1) is 7.67. The van der Waals surface area contributed by atoms with Crippen molar-refractivity contribution in [1.29, 1.82) is 5.26 Å². The van der Waals surface area contributed by atoms with Gasteiger partial charge in [0.15, 0.2) is 0 Å². The molecular weight excluding hydrogens is 226 g/mol. The van der Waals surface area contributed by atoms with Gasteiger partial charge in [-0.15, -0.1) is 0 Å². The Balaban J connectivity index is 2.67. The predicted molar refractivity (Wildman–Crippen MR) is 60.0 cm³/mol. The summed E-state index contributed by atoms with van der Waals surface area (Å²) in [5.74, 6) is -0.263. The van der Waals surface area contributed by atoms with Gasteiger partial charge < -0.3 is 4.74 Å². The van der Waals surface area contributed by atoms with Crippen molar-refractivity contribution in [2.45, 2.75) is 19.8 Å². The van der Waals surface area contributed by atoms with E-state index in [-0.39, 0.29) is 12.4 Å². The van der Waals surface area contributed by atoms with Gasteiger partial charge in [-0.05, 0) is 31.0 Å². The van der Waals surface area contributed by atoms with Crippen LogP contribution in [0.4, 0.5) is 0 Å². The van der Waals surface area contributed by atoms with E-state index >= 15 is 0 Å². The molecule has 0 saturated carbocycles. The van der Waals surface area contributed by atoms with Crippen molar-refractivity contribution in [3.8, 4) is 6.07 Å². The zero-order valence-corrected chi connectivity index (χ0v) is 9.67. The summed E-state index contributed by atoms with van der Waals surface area (Å²) in [5, 5.41) is 9.27. The number of hydrogen-bond donors (Lipinski definition) is 0. The van der Waals surface area contributed by atoms with Gasteiger partial charge in [0.1, 0.15) is 0 Å². The van der Waals surface area contributed by atoms with Gasteiger partial charge >= 0.3 is 5.97 Å². The molecule has 83 valence electrons. The van der Waals surface area contributed by atoms with E-state index in [4.69, 9.17) is 21.6 Å². The zero-order chi connectivity index (χ0) is 12.0. The molecule has 0 aromatic heterocycles. The Morgan fingerprint density at radius 1 is 1.69 bits per heavy atom. The lowest BCUT2D eigenvalue weighted by Crippen LogP contribution is -2.05. The Morgan fingerprint density at radius 3 is 3.06 bits per heavy atom. The average molecular weight is 237 g/mol. The first-order valence-corrected chi connectivity index (χ1v) is 5.31. The van der Waals surface area contributed by atoms with E-state index in [0.717, 1.165) is 5.56 Å². The van der Waals surface area contributed by atoms with Crippen LogP contribution in [0.2, 0.25) is 5.02 Å². The van der Waals surface area contributed by atoms with Crippen molar-refractivity contribution in [3.05, 3.63) is 34.3 Å². The van der Waals surface area contributed by atoms with E-state index in [1.165, 1.54) is 0 Å². The Hall–Kier alpha value is -1.53. The van der Waals surface area contributed by atoms with Gasteiger partial charge in [0.25, 0.3) is 0 Å². The monoisotopic (exact) mass is 236 g/mol. The summed E-state index contributed by atoms with van der Waals surface area (Å²) in [6.45, 7) is 2.13. The summed E-state index contributed by atoms with van der Waals surface area (Å²) in [5.41, 5.74) is 1.24. The highest BCUT2D eigenvalue weighted by Gasteiger charge is 2.07. The number of carbonyl (C=O) groups is 1. The lowest BCUT2D eigenvalue weighted by atomic mass is 10.0. The van der Waals surface area contributed by atoms with Crippen LogP contribution >= 0.6 is 11.6 Å².